The van der Waals surface area contributed by atoms with Crippen molar-refractivity contribution in [1.29, 1.82) is 0 Å². The van der Waals surface area contributed by atoms with Crippen molar-refractivity contribution in [1.82, 2.24) is 9.38 Å². The number of nitro groups is 1. The predicted molar refractivity (Wildman–Crippen MR) is 92.9 cm³/mol. The molecule has 0 unspecified atom stereocenters. The fraction of sp³-hybridized carbons (Fsp3) is 0.200. The molecule has 0 fully saturated rings. The average molecular weight is 345 g/mol. The van der Waals surface area contributed by atoms with E-state index in [1.54, 1.807) is 35.8 Å². The quantitative estimate of drug-likeness (QED) is 0.543. The van der Waals surface area contributed by atoms with Gasteiger partial charge < -0.3 is 20.7 Å². The zero-order valence-corrected chi connectivity index (χ0v) is 13.8. The van der Waals surface area contributed by atoms with Crippen LogP contribution in [0.1, 0.15) is 13.8 Å². The number of hydrogen-bond donors (Lipinski definition) is 2. The average Bonchev–Trinajstić information content (AvgIpc) is 3.09. The number of aromatic nitrogens is 2. The van der Waals surface area contributed by atoms with E-state index in [-0.39, 0.29) is 23.5 Å². The predicted octanol–water partition coefficient (Wildman–Crippen LogP) is 3.64. The molecule has 0 aliphatic carbocycles. The minimum Gasteiger partial charge on any atom is -0.358 e. The summed E-state index contributed by atoms with van der Waals surface area (Å²) in [5.41, 5.74) is 1.31. The molecule has 9 heteroatoms. The molecule has 0 saturated heterocycles. The number of carbonyl (C=O) groups is 1. The highest BCUT2D eigenvalue weighted by molar-refractivity contribution is 7.15. The Kier molecular flexibility index (Phi) is 4.17. The maximum Gasteiger partial charge on any atom is 0.373 e. The summed E-state index contributed by atoms with van der Waals surface area (Å²) in [6.45, 7) is 3.63. The molecule has 3 aromatic rings. The SMILES string of the molecule is CC(C)C(=O)Nc1ccc(Nc2nc3sccn3c2[N+](=O)[O-])cc1. The van der Waals surface area contributed by atoms with Gasteiger partial charge in [-0.15, -0.1) is 0 Å². The van der Waals surface area contributed by atoms with Crippen LogP contribution in [-0.2, 0) is 4.79 Å². The minimum absolute atomic E-state index is 0.0688. The van der Waals surface area contributed by atoms with Gasteiger partial charge in [-0.2, -0.15) is 9.38 Å². The van der Waals surface area contributed by atoms with E-state index < -0.39 is 4.92 Å². The summed E-state index contributed by atoms with van der Waals surface area (Å²) in [6.07, 6.45) is 1.61. The van der Waals surface area contributed by atoms with Crippen LogP contribution in [0.5, 0.6) is 0 Å². The van der Waals surface area contributed by atoms with E-state index in [1.165, 1.54) is 15.7 Å². The van der Waals surface area contributed by atoms with Gasteiger partial charge >= 0.3 is 5.82 Å². The van der Waals surface area contributed by atoms with Crippen LogP contribution in [-0.4, -0.2) is 20.2 Å². The number of carbonyl (C=O) groups excluding carboxylic acids is 1. The minimum atomic E-state index is -0.466. The molecule has 124 valence electrons. The van der Waals surface area contributed by atoms with Crippen molar-refractivity contribution in [3.05, 3.63) is 46.0 Å². The molecule has 3 rings (SSSR count). The molecule has 2 heterocycles. The standard InChI is InChI=1S/C15H15N5O3S/c1-9(2)13(21)17-11-5-3-10(4-6-11)16-12-14(20(22)23)19-7-8-24-15(19)18-12/h3-9,16H,1-2H3,(H,17,21). The molecule has 0 atom stereocenters. The number of amides is 1. The largest absolute Gasteiger partial charge is 0.373 e. The van der Waals surface area contributed by atoms with Crippen molar-refractivity contribution in [2.75, 3.05) is 10.6 Å². The second kappa shape index (κ2) is 6.28. The number of benzene rings is 1. The second-order valence-electron chi connectivity index (χ2n) is 5.44. The molecule has 8 nitrogen and oxygen atoms in total. The molecule has 0 radical (unpaired) electrons. The third-order valence-corrected chi connectivity index (χ3v) is 4.11. The first-order valence-corrected chi connectivity index (χ1v) is 8.11. The molecule has 0 spiro atoms. The topological polar surface area (TPSA) is 102 Å². The number of nitrogens with zero attached hydrogens (tertiary/aromatic N) is 3. The van der Waals surface area contributed by atoms with Crippen LogP contribution in [0, 0.1) is 16.0 Å². The van der Waals surface area contributed by atoms with Crippen LogP contribution in [0.3, 0.4) is 0 Å². The van der Waals surface area contributed by atoms with Crippen LogP contribution >= 0.6 is 11.3 Å². The molecule has 0 aliphatic rings. The van der Waals surface area contributed by atoms with Gasteiger partial charge in [-0.25, -0.2) is 0 Å². The molecule has 2 aromatic heterocycles. The Balaban J connectivity index is 1.81. The third-order valence-electron chi connectivity index (χ3n) is 3.35. The van der Waals surface area contributed by atoms with E-state index in [4.69, 9.17) is 0 Å². The number of imidazole rings is 1. The molecule has 1 aromatic carbocycles. The summed E-state index contributed by atoms with van der Waals surface area (Å²) in [5, 5.41) is 18.8. The van der Waals surface area contributed by atoms with Gasteiger partial charge in [-0.1, -0.05) is 25.2 Å². The Morgan fingerprint density at radius 3 is 2.58 bits per heavy atom. The molecular formula is C15H15N5O3S. The van der Waals surface area contributed by atoms with Gasteiger partial charge in [-0.05, 0) is 29.2 Å². The Labute approximate surface area is 141 Å². The molecule has 0 saturated carbocycles. The van der Waals surface area contributed by atoms with Crippen molar-refractivity contribution in [3.8, 4) is 0 Å². The van der Waals surface area contributed by atoms with Gasteiger partial charge in [0.25, 0.3) is 4.96 Å². The number of fused-ring (bicyclic) bond motifs is 1. The van der Waals surface area contributed by atoms with Crippen molar-refractivity contribution in [2.45, 2.75) is 13.8 Å². The maximum absolute atomic E-state index is 11.7. The van der Waals surface area contributed by atoms with Crippen LogP contribution in [0.4, 0.5) is 23.0 Å². The fourth-order valence-corrected chi connectivity index (χ4v) is 2.80. The van der Waals surface area contributed by atoms with Gasteiger partial charge in [0.15, 0.2) is 0 Å². The Hall–Kier alpha value is -2.94. The summed E-state index contributed by atoms with van der Waals surface area (Å²) >= 11 is 1.32. The summed E-state index contributed by atoms with van der Waals surface area (Å²) in [5.74, 6) is -0.0983. The van der Waals surface area contributed by atoms with E-state index in [2.05, 4.69) is 15.6 Å². The number of thiazole rings is 1. The van der Waals surface area contributed by atoms with Gasteiger partial charge in [0.05, 0.1) is 0 Å². The van der Waals surface area contributed by atoms with Gasteiger partial charge in [0, 0.05) is 22.7 Å². The number of nitrogens with one attached hydrogen (secondary N) is 2. The Morgan fingerprint density at radius 1 is 1.29 bits per heavy atom. The lowest BCUT2D eigenvalue weighted by atomic mass is 10.2. The lowest BCUT2D eigenvalue weighted by Gasteiger charge is -2.09. The summed E-state index contributed by atoms with van der Waals surface area (Å²) < 4.78 is 1.43. The summed E-state index contributed by atoms with van der Waals surface area (Å²) in [6, 6.07) is 6.92. The first-order valence-electron chi connectivity index (χ1n) is 7.23. The van der Waals surface area contributed by atoms with Crippen molar-refractivity contribution in [3.63, 3.8) is 0 Å². The van der Waals surface area contributed by atoms with Gasteiger partial charge in [-0.3, -0.25) is 4.79 Å². The van der Waals surface area contributed by atoms with Crippen LogP contribution in [0.25, 0.3) is 4.96 Å². The normalized spacial score (nSPS) is 11.0. The van der Waals surface area contributed by atoms with Crippen molar-refractivity contribution >= 4 is 45.2 Å². The van der Waals surface area contributed by atoms with Crippen LogP contribution in [0.15, 0.2) is 35.8 Å². The molecule has 24 heavy (non-hydrogen) atoms. The fourth-order valence-electron chi connectivity index (χ4n) is 2.09. The van der Waals surface area contributed by atoms with Gasteiger partial charge in [0.1, 0.15) is 6.20 Å². The number of anilines is 3. The van der Waals surface area contributed by atoms with E-state index in [9.17, 15) is 14.9 Å². The summed E-state index contributed by atoms with van der Waals surface area (Å²) in [7, 11) is 0. The van der Waals surface area contributed by atoms with E-state index in [0.717, 1.165) is 0 Å². The molecule has 2 N–H and O–H groups in total. The number of hydrogen-bond acceptors (Lipinski definition) is 6. The van der Waals surface area contributed by atoms with E-state index >= 15 is 0 Å². The zero-order valence-electron chi connectivity index (χ0n) is 13.0. The first kappa shape index (κ1) is 15.9. The van der Waals surface area contributed by atoms with Crippen molar-refractivity contribution < 1.29 is 9.72 Å². The zero-order chi connectivity index (χ0) is 17.3. The van der Waals surface area contributed by atoms with Crippen molar-refractivity contribution in [2.24, 2.45) is 5.92 Å². The van der Waals surface area contributed by atoms with E-state index in [0.29, 0.717) is 16.3 Å². The second-order valence-corrected chi connectivity index (χ2v) is 6.32. The Morgan fingerprint density at radius 2 is 1.96 bits per heavy atom. The molecule has 0 bridgehead atoms. The van der Waals surface area contributed by atoms with E-state index in [1.807, 2.05) is 13.8 Å². The molecular weight excluding hydrogens is 330 g/mol. The van der Waals surface area contributed by atoms with Crippen LogP contribution < -0.4 is 10.6 Å². The highest BCUT2D eigenvalue weighted by Gasteiger charge is 2.23. The smallest absolute Gasteiger partial charge is 0.358 e. The van der Waals surface area contributed by atoms with Gasteiger partial charge in [0.2, 0.25) is 11.7 Å². The Bertz CT molecular complexity index is 898. The lowest BCUT2D eigenvalue weighted by Crippen LogP contribution is -2.17. The lowest BCUT2D eigenvalue weighted by molar-refractivity contribution is -0.389. The number of rotatable bonds is 5. The molecule has 1 amide bonds. The van der Waals surface area contributed by atoms with Crippen LogP contribution in [0.2, 0.25) is 0 Å². The summed E-state index contributed by atoms with van der Waals surface area (Å²) in [4.78, 5) is 27.3. The maximum atomic E-state index is 11.7. The first-order chi connectivity index (χ1) is 11.5. The highest BCUT2D eigenvalue weighted by Crippen LogP contribution is 2.30. The monoisotopic (exact) mass is 345 g/mol. The highest BCUT2D eigenvalue weighted by atomic mass is 32.1. The molecule has 0 aliphatic heterocycles. The third kappa shape index (κ3) is 3.06.